The van der Waals surface area contributed by atoms with E-state index in [4.69, 9.17) is 37.9 Å². The molecule has 2 bridgehead atoms. The number of rotatable bonds is 14. The fourth-order valence-electron chi connectivity index (χ4n) is 9.67. The number of amides is 4. The summed E-state index contributed by atoms with van der Waals surface area (Å²) in [4.78, 5) is 68.2. The zero-order chi connectivity index (χ0) is 66.9. The number of ether oxygens (including phenoxy) is 8. The van der Waals surface area contributed by atoms with Crippen molar-refractivity contribution in [2.45, 2.75) is 183 Å². The number of carbonyl (C=O) groups excluding carboxylic acids is 5. The third-order valence-corrected chi connectivity index (χ3v) is 14.7. The second-order valence-corrected chi connectivity index (χ2v) is 22.6. The average Bonchev–Trinajstić information content (AvgIpc) is 0.855. The Morgan fingerprint density at radius 3 is 1.86 bits per heavy atom. The van der Waals surface area contributed by atoms with Crippen molar-refractivity contribution in [3.8, 4) is 0 Å². The van der Waals surface area contributed by atoms with Gasteiger partial charge in [-0.05, 0) is 47.2 Å². The van der Waals surface area contributed by atoms with E-state index in [0.717, 1.165) is 5.01 Å². The van der Waals surface area contributed by atoms with Gasteiger partial charge in [-0.3, -0.25) is 4.79 Å². The highest BCUT2D eigenvalue weighted by Crippen LogP contribution is 2.37. The highest BCUT2D eigenvalue weighted by atomic mass is 16.7. The van der Waals surface area contributed by atoms with Crippen LogP contribution in [0, 0.1) is 11.8 Å². The first kappa shape index (κ1) is 77.7. The molecule has 27 heteroatoms. The number of carbonyl (C=O) groups is 5. The van der Waals surface area contributed by atoms with Crippen LogP contribution in [0.25, 0.3) is 0 Å². The summed E-state index contributed by atoms with van der Waals surface area (Å²) in [5.41, 5.74) is 2.43. The molecule has 0 aromatic rings. The summed E-state index contributed by atoms with van der Waals surface area (Å²) in [6, 6.07) is -4.05. The van der Waals surface area contributed by atoms with Crippen LogP contribution >= 0.6 is 0 Å². The number of allylic oxidation sites excluding steroid dienone is 12. The number of nitrogens with one attached hydrogen (secondary N) is 3. The first-order valence-corrected chi connectivity index (χ1v) is 30.0. The number of aliphatic hydroxyl groups is 9. The minimum absolute atomic E-state index is 0.105. The van der Waals surface area contributed by atoms with Crippen LogP contribution in [0.5, 0.6) is 0 Å². The topological polar surface area (TPSA) is 384 Å². The van der Waals surface area contributed by atoms with E-state index in [2.05, 4.69) is 35.8 Å². The van der Waals surface area contributed by atoms with Gasteiger partial charge in [-0.1, -0.05) is 137 Å². The quantitative estimate of drug-likeness (QED) is 0.0514. The maximum Gasteiger partial charge on any atom is 0.508 e. The van der Waals surface area contributed by atoms with Crippen LogP contribution in [0.15, 0.2) is 123 Å². The summed E-state index contributed by atoms with van der Waals surface area (Å²) >= 11 is 0. The van der Waals surface area contributed by atoms with E-state index in [1.807, 2.05) is 6.92 Å². The number of urea groups is 1. The Hall–Kier alpha value is -6.57. The molecule has 4 amide bonds. The van der Waals surface area contributed by atoms with E-state index < -0.39 is 172 Å². The minimum atomic E-state index is -2.54. The molecular weight excluding hydrogens is 1180 g/mol. The van der Waals surface area contributed by atoms with E-state index in [0.29, 0.717) is 0 Å². The van der Waals surface area contributed by atoms with Gasteiger partial charge < -0.3 is 99.4 Å². The monoisotopic (exact) mass is 1280 g/mol. The zero-order valence-corrected chi connectivity index (χ0v) is 52.2. The second kappa shape index (κ2) is 41.0. The lowest BCUT2D eigenvalue weighted by Crippen LogP contribution is -2.66. The fourth-order valence-corrected chi connectivity index (χ4v) is 9.67. The smallest absolute Gasteiger partial charge is 0.462 e. The molecule has 27 nitrogen and oxygen atoms in total. The van der Waals surface area contributed by atoms with Gasteiger partial charge in [-0.25, -0.2) is 29.6 Å². The van der Waals surface area contributed by atoms with E-state index in [9.17, 15) is 69.9 Å². The molecule has 0 radical (unpaired) electrons. The van der Waals surface area contributed by atoms with E-state index in [-0.39, 0.29) is 58.1 Å². The SMILES string of the molecule is C=CCOC(=O)N[C@@H]1[C@H](O)[C@H](O[C@H]2/C=C/C=C/C=C/C=C/C=C/C=C/C=C/[C@H](C)[C@@H](O)[C@@H](C)[C@H](C)OC(=O)C[C@H](O)C[C@H](O)CC[C@@H](O)[C@H](O)C[C@H](O)C[C@]3(O)C[C@H](OC(=O)OCC=C)[C@@H](NC(=O)NN(CCN(C)C)C(=O)OCC=C)[C@H](C2)O3)O[C@H](C)[C@H]1O. The van der Waals surface area contributed by atoms with Crippen LogP contribution in [0.3, 0.4) is 0 Å². The first-order valence-electron chi connectivity index (χ1n) is 30.0. The number of esters is 1. The molecule has 2 saturated heterocycles. The van der Waals surface area contributed by atoms with Crippen LogP contribution in [0.4, 0.5) is 19.2 Å². The number of fused-ring (bicyclic) bond motifs is 2. The van der Waals surface area contributed by atoms with Crippen LogP contribution in [-0.2, 0) is 42.7 Å². The Bertz CT molecular complexity index is 2460. The number of hydrogen-bond donors (Lipinski definition) is 12. The molecule has 3 aliphatic heterocycles. The number of cyclic esters (lactones) is 1. The third-order valence-electron chi connectivity index (χ3n) is 14.7. The van der Waals surface area contributed by atoms with Crippen LogP contribution in [0.1, 0.15) is 79.1 Å². The average molecular weight is 1280 g/mol. The third kappa shape index (κ3) is 28.7. The van der Waals surface area contributed by atoms with Crippen molar-refractivity contribution < 1.29 is 108 Å². The lowest BCUT2D eigenvalue weighted by atomic mass is 9.86. The standard InChI is InChI=1S/C63H97N5O22/c1-10-31-83-60(79)65-54-56(76)43(7)87-58(57(54)77)88-47-26-24-22-20-18-16-14-13-15-17-19-21-23-25-40(4)55(75)41(5)42(6)86-52(74)36-45(70)34-44(69)27-28-48(72)49(73)35-46(71)38-63(82)39-51(89-62(81)85-33-12-3)53(50(37-47)90-63)64-59(78)66-68(30-29-67(8)9)61(80)84-32-11-2/h10-26,40-51,53-58,69-73,75-77,82H,1-3,27-39H2,4-9H3,(H,65,79)(H2,64,66,78)/b14-13+,17-15+,18-16+,21-19+,22-20+,25-23+,26-24+/t40-,41-,42-,43+,44+,45+,46-,47-,48+,49+,50-,51-,53-,54-,55+,56+,57-,58-,63+/m0/s1. The van der Waals surface area contributed by atoms with Crippen molar-refractivity contribution in [1.29, 1.82) is 0 Å². The predicted molar refractivity (Wildman–Crippen MR) is 329 cm³/mol. The van der Waals surface area contributed by atoms with Gasteiger partial charge in [-0.2, -0.15) is 0 Å². The number of aliphatic hydroxyl groups excluding tert-OH is 8. The summed E-state index contributed by atoms with van der Waals surface area (Å²) in [6.45, 7) is 16.6. The number of hydrazine groups is 1. The van der Waals surface area contributed by atoms with Gasteiger partial charge in [0, 0.05) is 44.1 Å². The van der Waals surface area contributed by atoms with Gasteiger partial charge in [0.1, 0.15) is 44.2 Å². The molecule has 90 heavy (non-hydrogen) atoms. The first-order chi connectivity index (χ1) is 42.7. The molecule has 3 rings (SSSR count). The molecule has 0 unspecified atom stereocenters. The maximum absolute atomic E-state index is 14.2. The Balaban J connectivity index is 2.20. The number of nitrogens with zero attached hydrogens (tertiary/aromatic N) is 2. The normalized spacial score (nSPS) is 35.6. The van der Waals surface area contributed by atoms with E-state index in [1.165, 1.54) is 37.3 Å². The van der Waals surface area contributed by atoms with E-state index in [1.54, 1.807) is 106 Å². The highest BCUT2D eigenvalue weighted by Gasteiger charge is 2.52. The number of alkyl carbamates (subject to hydrolysis) is 1. The molecule has 0 aliphatic carbocycles. The molecular formula is C63H97N5O22. The summed E-state index contributed by atoms with van der Waals surface area (Å²) in [6.07, 6.45) is 0.911. The lowest BCUT2D eigenvalue weighted by molar-refractivity contribution is -0.303. The Morgan fingerprint density at radius 1 is 0.656 bits per heavy atom. The molecule has 0 aromatic carbocycles. The van der Waals surface area contributed by atoms with Crippen LogP contribution < -0.4 is 16.1 Å². The molecule has 0 aromatic heterocycles. The van der Waals surface area contributed by atoms with Gasteiger partial charge in [-0.15, -0.1) is 0 Å². The summed E-state index contributed by atoms with van der Waals surface area (Å²) in [5.74, 6) is -4.13. The molecule has 3 aliphatic rings. The van der Waals surface area contributed by atoms with Gasteiger partial charge in [0.05, 0.1) is 80.0 Å². The number of hydrogen-bond acceptors (Lipinski definition) is 23. The van der Waals surface area contributed by atoms with Crippen molar-refractivity contribution in [2.24, 2.45) is 11.8 Å². The van der Waals surface area contributed by atoms with Gasteiger partial charge in [0.25, 0.3) is 0 Å². The van der Waals surface area contributed by atoms with Gasteiger partial charge in [0.2, 0.25) is 0 Å². The molecule has 0 spiro atoms. The molecule has 19 atom stereocenters. The van der Waals surface area contributed by atoms with Gasteiger partial charge in [0.15, 0.2) is 12.1 Å². The van der Waals surface area contributed by atoms with Gasteiger partial charge >= 0.3 is 30.3 Å². The van der Waals surface area contributed by atoms with Crippen molar-refractivity contribution in [3.05, 3.63) is 123 Å². The van der Waals surface area contributed by atoms with Crippen molar-refractivity contribution >= 4 is 30.3 Å². The Morgan fingerprint density at radius 2 is 1.24 bits per heavy atom. The largest absolute Gasteiger partial charge is 0.508 e. The molecule has 506 valence electrons. The summed E-state index contributed by atoms with van der Waals surface area (Å²) in [5, 5.41) is 108. The van der Waals surface area contributed by atoms with E-state index >= 15 is 0 Å². The van der Waals surface area contributed by atoms with Crippen LogP contribution in [-0.4, -0.2) is 237 Å². The molecule has 3 heterocycles. The van der Waals surface area contributed by atoms with Crippen molar-refractivity contribution in [2.75, 3.05) is 47.0 Å². The fraction of sp³-hybridized carbons (Fsp3) is 0.603. The van der Waals surface area contributed by atoms with Crippen LogP contribution in [0.2, 0.25) is 0 Å². The molecule has 12 N–H and O–H groups in total. The van der Waals surface area contributed by atoms with Crippen molar-refractivity contribution in [3.63, 3.8) is 0 Å². The number of likely N-dealkylation sites (N-methyl/N-ethyl adjacent to an activating group) is 1. The Kier molecular flexibility index (Phi) is 35.4. The second-order valence-electron chi connectivity index (χ2n) is 22.6. The minimum Gasteiger partial charge on any atom is -0.462 e. The summed E-state index contributed by atoms with van der Waals surface area (Å²) < 4.78 is 45.5. The molecule has 0 saturated carbocycles. The maximum atomic E-state index is 14.2. The Labute approximate surface area is 526 Å². The predicted octanol–water partition coefficient (Wildman–Crippen LogP) is 3.08. The zero-order valence-electron chi connectivity index (χ0n) is 52.2. The lowest BCUT2D eigenvalue weighted by Gasteiger charge is -2.47. The summed E-state index contributed by atoms with van der Waals surface area (Å²) in [7, 11) is 3.45. The molecule has 2 fully saturated rings. The van der Waals surface area contributed by atoms with Crippen molar-refractivity contribution in [1.82, 2.24) is 26.0 Å². The highest BCUT2D eigenvalue weighted by molar-refractivity contribution is 5.78.